The van der Waals surface area contributed by atoms with E-state index in [1.54, 1.807) is 24.1 Å². The van der Waals surface area contributed by atoms with Crippen molar-refractivity contribution in [2.45, 2.75) is 45.1 Å². The number of pyridine rings is 1. The van der Waals surface area contributed by atoms with E-state index in [4.69, 9.17) is 10.7 Å². The van der Waals surface area contributed by atoms with E-state index in [-0.39, 0.29) is 17.9 Å². The summed E-state index contributed by atoms with van der Waals surface area (Å²) in [7, 11) is 1.67. The van der Waals surface area contributed by atoms with Gasteiger partial charge in [0.15, 0.2) is 5.65 Å². The molecule has 0 aliphatic heterocycles. The number of nitrogens with two attached hydrogens (primary N) is 1. The molecular formula is C26H30BrN9O2. The first-order valence-electron chi connectivity index (χ1n) is 12.6. The van der Waals surface area contributed by atoms with Crippen LogP contribution in [0.5, 0.6) is 0 Å². The molecule has 2 amide bonds. The standard InChI is InChI=1S/C26H30BrN9O2/c1-26(24(38)29-2)8-7-16(13-26)32-25-31-14-18-22(27)35-36(23(18)34-25)17-11-15-5-4-10-30-21(15)19(12-17)33-20(37)6-3-9-28/h4-5,10-12,14,16H,3,6-9,13,28H2,1-2H3,(H,29,38)(H,33,37)(H,31,32,34)/t16-,26-/m1/s1. The fourth-order valence-electron chi connectivity index (χ4n) is 5.04. The van der Waals surface area contributed by atoms with Gasteiger partial charge >= 0.3 is 0 Å². The smallest absolute Gasteiger partial charge is 0.225 e. The number of amides is 2. The van der Waals surface area contributed by atoms with Gasteiger partial charge in [0.1, 0.15) is 4.60 Å². The molecule has 11 nitrogen and oxygen atoms in total. The number of hydrogen-bond acceptors (Lipinski definition) is 8. The maximum absolute atomic E-state index is 12.5. The topological polar surface area (TPSA) is 153 Å². The van der Waals surface area contributed by atoms with Crippen LogP contribution in [0, 0.1) is 5.41 Å². The maximum atomic E-state index is 12.5. The highest BCUT2D eigenvalue weighted by Crippen LogP contribution is 2.39. The predicted octanol–water partition coefficient (Wildman–Crippen LogP) is 3.52. The molecule has 0 bridgehead atoms. The molecule has 5 N–H and O–H groups in total. The molecule has 1 aliphatic rings. The second-order valence-corrected chi connectivity index (χ2v) is 10.6. The molecule has 0 radical (unpaired) electrons. The SMILES string of the molecule is CNC(=O)[C@]1(C)CC[C@@H](Nc2ncc3c(Br)nn(-c4cc(NC(=O)CCCN)c5ncccc5c4)c3n2)C1. The molecule has 38 heavy (non-hydrogen) atoms. The molecule has 1 saturated carbocycles. The summed E-state index contributed by atoms with van der Waals surface area (Å²) in [6, 6.07) is 7.67. The number of carbonyl (C=O) groups is 2. The number of fused-ring (bicyclic) bond motifs is 2. The van der Waals surface area contributed by atoms with Crippen molar-refractivity contribution in [2.75, 3.05) is 24.2 Å². The van der Waals surface area contributed by atoms with Gasteiger partial charge in [0.25, 0.3) is 0 Å². The number of rotatable bonds is 8. The Bertz CT molecular complexity index is 1520. The highest BCUT2D eigenvalue weighted by Gasteiger charge is 2.41. The summed E-state index contributed by atoms with van der Waals surface area (Å²) in [5.41, 5.74) is 7.75. The molecule has 4 aromatic rings. The monoisotopic (exact) mass is 579 g/mol. The molecule has 1 fully saturated rings. The summed E-state index contributed by atoms with van der Waals surface area (Å²) in [6.07, 6.45) is 6.68. The minimum atomic E-state index is -0.411. The number of halogens is 1. The first-order valence-corrected chi connectivity index (χ1v) is 13.4. The molecular weight excluding hydrogens is 550 g/mol. The molecule has 1 aromatic carbocycles. The molecule has 5 rings (SSSR count). The first kappa shape index (κ1) is 26.0. The van der Waals surface area contributed by atoms with E-state index in [2.05, 4.69) is 46.9 Å². The molecule has 1 aliphatic carbocycles. The molecule has 3 aromatic heterocycles. The summed E-state index contributed by atoms with van der Waals surface area (Å²) in [5, 5.41) is 15.4. The lowest BCUT2D eigenvalue weighted by atomic mass is 9.87. The lowest BCUT2D eigenvalue weighted by Gasteiger charge is -2.22. The molecule has 198 valence electrons. The number of hydrogen-bond donors (Lipinski definition) is 4. The Morgan fingerprint density at radius 1 is 1.29 bits per heavy atom. The summed E-state index contributed by atoms with van der Waals surface area (Å²) in [4.78, 5) is 38.6. The van der Waals surface area contributed by atoms with Crippen molar-refractivity contribution in [1.82, 2.24) is 30.0 Å². The van der Waals surface area contributed by atoms with Crippen molar-refractivity contribution < 1.29 is 9.59 Å². The summed E-state index contributed by atoms with van der Waals surface area (Å²) >= 11 is 3.53. The van der Waals surface area contributed by atoms with Crippen LogP contribution in [0.4, 0.5) is 11.6 Å². The van der Waals surface area contributed by atoms with Crippen LogP contribution in [-0.4, -0.2) is 56.2 Å². The summed E-state index contributed by atoms with van der Waals surface area (Å²) < 4.78 is 2.32. The third-order valence-electron chi connectivity index (χ3n) is 7.05. The molecule has 2 atom stereocenters. The van der Waals surface area contributed by atoms with Crippen LogP contribution in [0.3, 0.4) is 0 Å². The zero-order valence-electron chi connectivity index (χ0n) is 21.3. The van der Waals surface area contributed by atoms with Crippen LogP contribution in [0.1, 0.15) is 39.0 Å². The Hall–Kier alpha value is -3.64. The number of carbonyl (C=O) groups excluding carboxylic acids is 2. The van der Waals surface area contributed by atoms with Crippen molar-refractivity contribution in [3.05, 3.63) is 41.3 Å². The molecule has 12 heteroatoms. The Morgan fingerprint density at radius 3 is 2.92 bits per heavy atom. The molecule has 3 heterocycles. The van der Waals surface area contributed by atoms with Gasteiger partial charge in [0.2, 0.25) is 17.8 Å². The van der Waals surface area contributed by atoms with Gasteiger partial charge in [0, 0.05) is 42.7 Å². The van der Waals surface area contributed by atoms with Crippen molar-refractivity contribution >= 4 is 61.3 Å². The Kier molecular flexibility index (Phi) is 7.26. The third-order valence-corrected chi connectivity index (χ3v) is 7.63. The van der Waals surface area contributed by atoms with Crippen LogP contribution in [0.2, 0.25) is 0 Å². The average molecular weight is 580 g/mol. The zero-order chi connectivity index (χ0) is 26.9. The number of anilines is 2. The Morgan fingerprint density at radius 2 is 2.13 bits per heavy atom. The van der Waals surface area contributed by atoms with Crippen LogP contribution in [0.25, 0.3) is 27.6 Å². The van der Waals surface area contributed by atoms with E-state index in [0.717, 1.165) is 23.6 Å². The first-order chi connectivity index (χ1) is 18.3. The van der Waals surface area contributed by atoms with Gasteiger partial charge in [0.05, 0.1) is 22.3 Å². The maximum Gasteiger partial charge on any atom is 0.225 e. The summed E-state index contributed by atoms with van der Waals surface area (Å²) in [5.74, 6) is 0.396. The quantitative estimate of drug-likeness (QED) is 0.247. The molecule has 0 saturated heterocycles. The van der Waals surface area contributed by atoms with Crippen molar-refractivity contribution in [2.24, 2.45) is 11.1 Å². The number of aromatic nitrogens is 5. The van der Waals surface area contributed by atoms with Gasteiger partial charge in [-0.1, -0.05) is 13.0 Å². The fraction of sp³-hybridized carbons (Fsp3) is 0.385. The largest absolute Gasteiger partial charge is 0.359 e. The van der Waals surface area contributed by atoms with E-state index >= 15 is 0 Å². The van der Waals surface area contributed by atoms with E-state index in [0.29, 0.717) is 58.9 Å². The third kappa shape index (κ3) is 5.05. The zero-order valence-corrected chi connectivity index (χ0v) is 22.9. The van der Waals surface area contributed by atoms with E-state index in [1.807, 2.05) is 31.2 Å². The second kappa shape index (κ2) is 10.6. The lowest BCUT2D eigenvalue weighted by molar-refractivity contribution is -0.129. The second-order valence-electron chi connectivity index (χ2n) is 9.87. The predicted molar refractivity (Wildman–Crippen MR) is 150 cm³/mol. The normalized spacial score (nSPS) is 19.1. The average Bonchev–Trinajstić information content (AvgIpc) is 3.46. The minimum absolute atomic E-state index is 0.0527. The number of nitrogens with one attached hydrogen (secondary N) is 3. The number of nitrogens with zero attached hydrogens (tertiary/aromatic N) is 5. The van der Waals surface area contributed by atoms with Gasteiger partial charge < -0.3 is 21.7 Å². The minimum Gasteiger partial charge on any atom is -0.359 e. The van der Waals surface area contributed by atoms with Crippen molar-refractivity contribution in [3.8, 4) is 5.69 Å². The van der Waals surface area contributed by atoms with Gasteiger partial charge in [-0.3, -0.25) is 14.6 Å². The van der Waals surface area contributed by atoms with Crippen LogP contribution < -0.4 is 21.7 Å². The van der Waals surface area contributed by atoms with Gasteiger partial charge in [-0.2, -0.15) is 10.1 Å². The van der Waals surface area contributed by atoms with Crippen LogP contribution in [0.15, 0.2) is 41.3 Å². The summed E-state index contributed by atoms with van der Waals surface area (Å²) in [6.45, 7) is 2.44. The van der Waals surface area contributed by atoms with Crippen LogP contribution >= 0.6 is 15.9 Å². The van der Waals surface area contributed by atoms with E-state index in [9.17, 15) is 9.59 Å². The fourth-order valence-corrected chi connectivity index (χ4v) is 5.48. The van der Waals surface area contributed by atoms with E-state index in [1.165, 1.54) is 0 Å². The van der Waals surface area contributed by atoms with E-state index < -0.39 is 5.41 Å². The van der Waals surface area contributed by atoms with Gasteiger partial charge in [-0.05, 0) is 66.4 Å². The van der Waals surface area contributed by atoms with Crippen molar-refractivity contribution in [1.29, 1.82) is 0 Å². The Balaban J connectivity index is 1.50. The molecule has 0 unspecified atom stereocenters. The van der Waals surface area contributed by atoms with Crippen molar-refractivity contribution in [3.63, 3.8) is 0 Å². The molecule has 0 spiro atoms. The number of benzene rings is 1. The van der Waals surface area contributed by atoms with Crippen LogP contribution in [-0.2, 0) is 9.59 Å². The van der Waals surface area contributed by atoms with Gasteiger partial charge in [-0.15, -0.1) is 0 Å². The lowest BCUT2D eigenvalue weighted by Crippen LogP contribution is -2.35. The van der Waals surface area contributed by atoms with Gasteiger partial charge in [-0.25, -0.2) is 9.67 Å². The highest BCUT2D eigenvalue weighted by atomic mass is 79.9. The Labute approximate surface area is 228 Å². The highest BCUT2D eigenvalue weighted by molar-refractivity contribution is 9.10.